The fraction of sp³-hybridized carbons (Fsp3) is 0.250. The highest BCUT2D eigenvalue weighted by atomic mass is 35.5. The average Bonchev–Trinajstić information content (AvgIpc) is 3.02. The molecule has 3 N–H and O–H groups in total. The Labute approximate surface area is 156 Å². The van der Waals surface area contributed by atoms with Crippen LogP contribution < -0.4 is 10.6 Å². The number of carbonyl (C=O) groups is 1. The van der Waals surface area contributed by atoms with Gasteiger partial charge in [-0.25, -0.2) is 15.0 Å². The monoisotopic (exact) mass is 398 g/mol. The normalized spacial score (nSPS) is 12.8. The number of fused-ring (bicyclic) bond motifs is 1. The van der Waals surface area contributed by atoms with Crippen LogP contribution in [0.4, 0.5) is 19.0 Å². The molecule has 0 saturated carbocycles. The molecule has 3 rings (SSSR count). The van der Waals surface area contributed by atoms with E-state index >= 15 is 0 Å². The van der Waals surface area contributed by atoms with Crippen LogP contribution in [0.25, 0.3) is 22.4 Å². The van der Waals surface area contributed by atoms with Crippen LogP contribution in [0.2, 0.25) is 5.02 Å². The summed E-state index contributed by atoms with van der Waals surface area (Å²) in [6, 6.07) is 2.30. The average molecular weight is 399 g/mol. The van der Waals surface area contributed by atoms with Crippen molar-refractivity contribution in [2.45, 2.75) is 19.1 Å². The molecular weight excluding hydrogens is 385 g/mol. The molecule has 0 aliphatic rings. The van der Waals surface area contributed by atoms with Gasteiger partial charge in [0.05, 0.1) is 5.02 Å². The minimum absolute atomic E-state index is 0.291. The van der Waals surface area contributed by atoms with Crippen molar-refractivity contribution >= 4 is 34.4 Å². The summed E-state index contributed by atoms with van der Waals surface area (Å²) < 4.78 is 36.6. The zero-order valence-electron chi connectivity index (χ0n) is 13.9. The van der Waals surface area contributed by atoms with Crippen molar-refractivity contribution in [3.05, 3.63) is 35.7 Å². The molecule has 27 heavy (non-hydrogen) atoms. The molecule has 0 aliphatic heterocycles. The van der Waals surface area contributed by atoms with Gasteiger partial charge in [0.25, 0.3) is 0 Å². The Balaban J connectivity index is 1.77. The molecule has 0 radical (unpaired) electrons. The van der Waals surface area contributed by atoms with Crippen molar-refractivity contribution in [1.82, 2.24) is 25.3 Å². The number of pyridine rings is 1. The van der Waals surface area contributed by atoms with Gasteiger partial charge in [-0.05, 0) is 19.1 Å². The molecule has 3 aromatic rings. The summed E-state index contributed by atoms with van der Waals surface area (Å²) in [5, 5.41) is 5.74. The SMILES string of the molecule is C[C@@H](Nc1ccnc(-c2c[nH]c3ncc(Cl)cc23)n1)C(=O)NCC(F)(F)F. The molecule has 11 heteroatoms. The van der Waals surface area contributed by atoms with Gasteiger partial charge in [0.2, 0.25) is 5.91 Å². The number of hydrogen-bond acceptors (Lipinski definition) is 5. The standard InChI is InChI=1S/C16H14ClF3N6O/c1-8(15(27)24-7-16(18,19)20)25-12-2-3-21-14(26-12)11-6-23-13-10(11)4-9(17)5-22-13/h2-6,8H,7H2,1H3,(H,22,23)(H,24,27)(H,21,25,26)/t8-/m1/s1. The van der Waals surface area contributed by atoms with Gasteiger partial charge < -0.3 is 15.6 Å². The van der Waals surface area contributed by atoms with Crippen molar-refractivity contribution in [3.63, 3.8) is 0 Å². The van der Waals surface area contributed by atoms with Gasteiger partial charge in [0.1, 0.15) is 24.1 Å². The van der Waals surface area contributed by atoms with E-state index in [9.17, 15) is 18.0 Å². The Morgan fingerprint density at radius 2 is 2.15 bits per heavy atom. The van der Waals surface area contributed by atoms with Crippen molar-refractivity contribution in [2.24, 2.45) is 0 Å². The van der Waals surface area contributed by atoms with Gasteiger partial charge in [0, 0.05) is 29.5 Å². The molecule has 0 aromatic carbocycles. The lowest BCUT2D eigenvalue weighted by Gasteiger charge is -2.15. The Morgan fingerprint density at radius 3 is 2.89 bits per heavy atom. The number of halogens is 4. The maximum Gasteiger partial charge on any atom is 0.405 e. The second-order valence-corrected chi connectivity index (χ2v) is 6.15. The molecule has 0 spiro atoms. The van der Waals surface area contributed by atoms with Gasteiger partial charge in [0.15, 0.2) is 5.82 Å². The number of anilines is 1. The van der Waals surface area contributed by atoms with E-state index in [4.69, 9.17) is 11.6 Å². The summed E-state index contributed by atoms with van der Waals surface area (Å²) in [5.41, 5.74) is 1.26. The third-order valence-corrected chi connectivity index (χ3v) is 3.82. The van der Waals surface area contributed by atoms with Crippen LogP contribution >= 0.6 is 11.6 Å². The maximum absolute atomic E-state index is 12.2. The third kappa shape index (κ3) is 4.64. The number of aromatic nitrogens is 4. The quantitative estimate of drug-likeness (QED) is 0.613. The predicted octanol–water partition coefficient (Wildman–Crippen LogP) is 3.15. The van der Waals surface area contributed by atoms with E-state index in [1.807, 2.05) is 5.32 Å². The van der Waals surface area contributed by atoms with Crippen molar-refractivity contribution < 1.29 is 18.0 Å². The summed E-state index contributed by atoms with van der Waals surface area (Å²) in [7, 11) is 0. The summed E-state index contributed by atoms with van der Waals surface area (Å²) in [6.07, 6.45) is 0.181. The van der Waals surface area contributed by atoms with Crippen molar-refractivity contribution in [3.8, 4) is 11.4 Å². The van der Waals surface area contributed by atoms with E-state index < -0.39 is 24.7 Å². The smallest absolute Gasteiger partial charge is 0.359 e. The van der Waals surface area contributed by atoms with Crippen molar-refractivity contribution in [1.29, 1.82) is 0 Å². The largest absolute Gasteiger partial charge is 0.405 e. The number of H-pyrrole nitrogens is 1. The first-order valence-electron chi connectivity index (χ1n) is 7.80. The van der Waals surface area contributed by atoms with E-state index in [1.54, 1.807) is 12.3 Å². The zero-order chi connectivity index (χ0) is 19.6. The number of nitrogens with one attached hydrogen (secondary N) is 3. The van der Waals surface area contributed by atoms with E-state index in [0.717, 1.165) is 5.39 Å². The van der Waals surface area contributed by atoms with Gasteiger partial charge in [-0.2, -0.15) is 13.2 Å². The molecule has 142 valence electrons. The second kappa shape index (κ2) is 7.39. The lowest BCUT2D eigenvalue weighted by Crippen LogP contribution is -2.42. The highest BCUT2D eigenvalue weighted by molar-refractivity contribution is 6.31. The second-order valence-electron chi connectivity index (χ2n) is 5.72. The lowest BCUT2D eigenvalue weighted by atomic mass is 10.2. The first-order chi connectivity index (χ1) is 12.7. The Morgan fingerprint density at radius 1 is 1.37 bits per heavy atom. The van der Waals surface area contributed by atoms with Crippen LogP contribution in [0.3, 0.4) is 0 Å². The van der Waals surface area contributed by atoms with Crippen LogP contribution in [0.15, 0.2) is 30.7 Å². The van der Waals surface area contributed by atoms with Crippen LogP contribution in [0, 0.1) is 0 Å². The summed E-state index contributed by atoms with van der Waals surface area (Å²) >= 11 is 5.98. The molecule has 0 aliphatic carbocycles. The summed E-state index contributed by atoms with van der Waals surface area (Å²) in [4.78, 5) is 27.4. The molecule has 1 atom stereocenters. The zero-order valence-corrected chi connectivity index (χ0v) is 14.7. The number of hydrogen-bond donors (Lipinski definition) is 3. The number of aromatic amines is 1. The van der Waals surface area contributed by atoms with Crippen LogP contribution in [-0.2, 0) is 4.79 Å². The fourth-order valence-electron chi connectivity index (χ4n) is 2.36. The topological polar surface area (TPSA) is 95.6 Å². The minimum atomic E-state index is -4.47. The number of carbonyl (C=O) groups excluding carboxylic acids is 1. The number of rotatable bonds is 5. The van der Waals surface area contributed by atoms with E-state index in [-0.39, 0.29) is 0 Å². The Bertz CT molecular complexity index is 974. The van der Waals surface area contributed by atoms with Gasteiger partial charge in [-0.3, -0.25) is 4.79 Å². The van der Waals surface area contributed by atoms with Crippen LogP contribution in [-0.4, -0.2) is 44.6 Å². The molecule has 7 nitrogen and oxygen atoms in total. The first kappa shape index (κ1) is 18.9. The van der Waals surface area contributed by atoms with Gasteiger partial charge in [-0.1, -0.05) is 11.6 Å². The lowest BCUT2D eigenvalue weighted by molar-refractivity contribution is -0.138. The van der Waals surface area contributed by atoms with Gasteiger partial charge in [-0.15, -0.1) is 0 Å². The number of nitrogens with zero attached hydrogens (tertiary/aromatic N) is 3. The third-order valence-electron chi connectivity index (χ3n) is 3.61. The van der Waals surface area contributed by atoms with Crippen LogP contribution in [0.5, 0.6) is 0 Å². The summed E-state index contributed by atoms with van der Waals surface area (Å²) in [6.45, 7) is 0.0405. The minimum Gasteiger partial charge on any atom is -0.359 e. The predicted molar refractivity (Wildman–Crippen MR) is 94.3 cm³/mol. The highest BCUT2D eigenvalue weighted by Crippen LogP contribution is 2.27. The highest BCUT2D eigenvalue weighted by Gasteiger charge is 2.28. The Kier molecular flexibility index (Phi) is 5.17. The molecule has 0 unspecified atom stereocenters. The first-order valence-corrected chi connectivity index (χ1v) is 8.18. The molecule has 3 heterocycles. The van der Waals surface area contributed by atoms with E-state index in [0.29, 0.717) is 27.9 Å². The molecule has 0 fully saturated rings. The van der Waals surface area contributed by atoms with Crippen LogP contribution in [0.1, 0.15) is 6.92 Å². The summed E-state index contributed by atoms with van der Waals surface area (Å²) in [5.74, 6) is -0.159. The van der Waals surface area contributed by atoms with E-state index in [1.165, 1.54) is 25.4 Å². The van der Waals surface area contributed by atoms with Gasteiger partial charge >= 0.3 is 6.18 Å². The molecule has 1 amide bonds. The fourth-order valence-corrected chi connectivity index (χ4v) is 2.52. The molecule has 0 bridgehead atoms. The molecule has 0 saturated heterocycles. The maximum atomic E-state index is 12.2. The number of alkyl halides is 3. The number of amides is 1. The van der Waals surface area contributed by atoms with Crippen molar-refractivity contribution in [2.75, 3.05) is 11.9 Å². The molecular formula is C16H14ClF3N6O. The Hall–Kier alpha value is -2.88. The van der Waals surface area contributed by atoms with E-state index in [2.05, 4.69) is 25.3 Å². The molecule has 3 aromatic heterocycles.